The molecule has 0 saturated heterocycles. The van der Waals surface area contributed by atoms with Gasteiger partial charge in [0.2, 0.25) is 0 Å². The molecule has 0 unspecified atom stereocenters. The van der Waals surface area contributed by atoms with Crippen LogP contribution in [0.15, 0.2) is 26.8 Å². The normalized spacial score (nSPS) is 10.3. The molecular weight excluding hydrogens is 308 g/mol. The van der Waals surface area contributed by atoms with Gasteiger partial charge in [0.25, 0.3) is 5.91 Å². The van der Waals surface area contributed by atoms with Gasteiger partial charge in [0.15, 0.2) is 0 Å². The summed E-state index contributed by atoms with van der Waals surface area (Å²) < 4.78 is 0.970. The minimum atomic E-state index is -0.0292. The lowest BCUT2D eigenvalue weighted by Crippen LogP contribution is -2.25. The summed E-state index contributed by atoms with van der Waals surface area (Å²) in [5, 5.41) is 7.69. The third kappa shape index (κ3) is 3.13. The van der Waals surface area contributed by atoms with E-state index in [1.165, 1.54) is 11.3 Å². The first-order chi connectivity index (χ1) is 7.75. The Morgan fingerprint density at radius 2 is 2.38 bits per heavy atom. The van der Waals surface area contributed by atoms with E-state index in [-0.39, 0.29) is 5.91 Å². The zero-order valence-electron chi connectivity index (χ0n) is 8.27. The van der Waals surface area contributed by atoms with E-state index in [4.69, 9.17) is 0 Å². The molecule has 0 aromatic carbocycles. The van der Waals surface area contributed by atoms with Gasteiger partial charge >= 0.3 is 0 Å². The summed E-state index contributed by atoms with van der Waals surface area (Å²) in [4.78, 5) is 15.8. The molecule has 0 spiro atoms. The average molecular weight is 317 g/mol. The number of nitrogens with one attached hydrogen (secondary N) is 1. The van der Waals surface area contributed by atoms with Crippen molar-refractivity contribution in [3.05, 3.63) is 37.4 Å². The second kappa shape index (κ2) is 5.56. The fraction of sp³-hybridized carbons (Fsp3) is 0.200. The van der Waals surface area contributed by atoms with Gasteiger partial charge in [0, 0.05) is 29.9 Å². The van der Waals surface area contributed by atoms with Crippen LogP contribution in [-0.2, 0) is 6.42 Å². The zero-order valence-corrected chi connectivity index (χ0v) is 11.5. The molecule has 0 fully saturated rings. The van der Waals surface area contributed by atoms with Gasteiger partial charge in [-0.1, -0.05) is 0 Å². The molecule has 1 amide bonds. The van der Waals surface area contributed by atoms with E-state index < -0.39 is 0 Å². The van der Waals surface area contributed by atoms with Gasteiger partial charge < -0.3 is 5.32 Å². The molecular formula is C10H9BrN2OS2. The minimum Gasteiger partial charge on any atom is -0.352 e. The molecule has 3 nitrogen and oxygen atoms in total. The lowest BCUT2D eigenvalue weighted by Gasteiger charge is -2.01. The van der Waals surface area contributed by atoms with Crippen molar-refractivity contribution in [3.63, 3.8) is 0 Å². The van der Waals surface area contributed by atoms with Crippen molar-refractivity contribution in [2.45, 2.75) is 6.42 Å². The van der Waals surface area contributed by atoms with E-state index in [2.05, 4.69) is 26.2 Å². The van der Waals surface area contributed by atoms with Crippen molar-refractivity contribution in [2.24, 2.45) is 0 Å². The summed E-state index contributed by atoms with van der Waals surface area (Å²) in [7, 11) is 0. The molecule has 0 aliphatic carbocycles. The molecule has 0 saturated carbocycles. The zero-order chi connectivity index (χ0) is 11.4. The Morgan fingerprint density at radius 1 is 1.50 bits per heavy atom. The van der Waals surface area contributed by atoms with E-state index in [0.717, 1.165) is 15.2 Å². The first kappa shape index (κ1) is 11.8. The third-order valence-electron chi connectivity index (χ3n) is 1.94. The van der Waals surface area contributed by atoms with Crippen LogP contribution in [0, 0.1) is 0 Å². The minimum absolute atomic E-state index is 0.0292. The van der Waals surface area contributed by atoms with Gasteiger partial charge in [-0.2, -0.15) is 0 Å². The summed E-state index contributed by atoms with van der Waals surface area (Å²) in [6, 6.07) is 1.82. The molecule has 2 heterocycles. The number of thiophene rings is 1. The lowest BCUT2D eigenvalue weighted by molar-refractivity contribution is 0.0954. The summed E-state index contributed by atoms with van der Waals surface area (Å²) in [5.41, 5.74) is 0.705. The number of hydrogen-bond donors (Lipinski definition) is 1. The predicted molar refractivity (Wildman–Crippen MR) is 70.2 cm³/mol. The Kier molecular flexibility index (Phi) is 4.09. The van der Waals surface area contributed by atoms with Gasteiger partial charge in [-0.15, -0.1) is 22.7 Å². The van der Waals surface area contributed by atoms with Crippen LogP contribution in [0.3, 0.4) is 0 Å². The van der Waals surface area contributed by atoms with E-state index >= 15 is 0 Å². The summed E-state index contributed by atoms with van der Waals surface area (Å²) in [6.07, 6.45) is 2.56. The number of halogens is 1. The van der Waals surface area contributed by atoms with Crippen LogP contribution in [0.5, 0.6) is 0 Å². The SMILES string of the molecule is O=C(NCCc1nccs1)c1csc(Br)c1. The number of carbonyl (C=O) groups is 1. The van der Waals surface area contributed by atoms with Crippen molar-refractivity contribution in [3.8, 4) is 0 Å². The molecule has 84 valence electrons. The smallest absolute Gasteiger partial charge is 0.252 e. The van der Waals surface area contributed by atoms with Crippen LogP contribution in [0.4, 0.5) is 0 Å². The molecule has 6 heteroatoms. The van der Waals surface area contributed by atoms with Crippen molar-refractivity contribution in [1.82, 2.24) is 10.3 Å². The molecule has 0 bridgehead atoms. The Bertz CT molecular complexity index is 467. The fourth-order valence-electron chi connectivity index (χ4n) is 1.19. The van der Waals surface area contributed by atoms with Gasteiger partial charge in [-0.25, -0.2) is 4.98 Å². The van der Waals surface area contributed by atoms with E-state index in [1.807, 2.05) is 16.8 Å². The maximum atomic E-state index is 11.6. The number of carbonyl (C=O) groups excluding carboxylic acids is 1. The van der Waals surface area contributed by atoms with Gasteiger partial charge in [0.05, 0.1) is 14.4 Å². The fourth-order valence-corrected chi connectivity index (χ4v) is 2.95. The Labute approximate surface area is 110 Å². The number of aromatic nitrogens is 1. The lowest BCUT2D eigenvalue weighted by atomic mass is 10.3. The highest BCUT2D eigenvalue weighted by Crippen LogP contribution is 2.20. The van der Waals surface area contributed by atoms with Crippen molar-refractivity contribution >= 4 is 44.5 Å². The largest absolute Gasteiger partial charge is 0.352 e. The van der Waals surface area contributed by atoms with Crippen LogP contribution >= 0.6 is 38.6 Å². The molecule has 0 atom stereocenters. The second-order valence-corrected chi connectivity index (χ2v) is 6.34. The maximum absolute atomic E-state index is 11.6. The van der Waals surface area contributed by atoms with Crippen molar-refractivity contribution < 1.29 is 4.79 Å². The van der Waals surface area contributed by atoms with Crippen molar-refractivity contribution in [2.75, 3.05) is 6.54 Å². The number of rotatable bonds is 4. The second-order valence-electron chi connectivity index (χ2n) is 3.07. The maximum Gasteiger partial charge on any atom is 0.252 e. The number of hydrogen-bond acceptors (Lipinski definition) is 4. The highest BCUT2D eigenvalue weighted by molar-refractivity contribution is 9.11. The number of thiazole rings is 1. The van der Waals surface area contributed by atoms with Gasteiger partial charge in [0.1, 0.15) is 0 Å². The third-order valence-corrected chi connectivity index (χ3v) is 4.28. The molecule has 1 N–H and O–H groups in total. The van der Waals surface area contributed by atoms with Crippen LogP contribution < -0.4 is 5.32 Å². The Morgan fingerprint density at radius 3 is 3.00 bits per heavy atom. The highest BCUT2D eigenvalue weighted by Gasteiger charge is 2.07. The van der Waals surface area contributed by atoms with Crippen LogP contribution in [0.1, 0.15) is 15.4 Å². The Hall–Kier alpha value is -0.720. The van der Waals surface area contributed by atoms with Crippen LogP contribution in [0.25, 0.3) is 0 Å². The van der Waals surface area contributed by atoms with Crippen molar-refractivity contribution in [1.29, 1.82) is 0 Å². The molecule has 0 radical (unpaired) electrons. The van der Waals surface area contributed by atoms with E-state index in [0.29, 0.717) is 12.1 Å². The highest BCUT2D eigenvalue weighted by atomic mass is 79.9. The first-order valence-corrected chi connectivity index (χ1v) is 7.21. The molecule has 0 aliphatic rings. The summed E-state index contributed by atoms with van der Waals surface area (Å²) in [6.45, 7) is 0.625. The molecule has 2 rings (SSSR count). The van der Waals surface area contributed by atoms with Crippen LogP contribution in [-0.4, -0.2) is 17.4 Å². The topological polar surface area (TPSA) is 42.0 Å². The number of nitrogens with zero attached hydrogens (tertiary/aromatic N) is 1. The number of amides is 1. The molecule has 2 aromatic heterocycles. The Balaban J connectivity index is 1.80. The standard InChI is InChI=1S/C10H9BrN2OS2/c11-8-5-7(6-16-8)10(14)13-2-1-9-12-3-4-15-9/h3-6H,1-2H2,(H,13,14). The predicted octanol–water partition coefficient (Wildman–Crippen LogP) is 2.94. The van der Waals surface area contributed by atoms with E-state index in [1.54, 1.807) is 17.5 Å². The summed E-state index contributed by atoms with van der Waals surface area (Å²) in [5.74, 6) is -0.0292. The molecule has 16 heavy (non-hydrogen) atoms. The van der Waals surface area contributed by atoms with Crippen LogP contribution in [0.2, 0.25) is 0 Å². The molecule has 0 aliphatic heterocycles. The summed E-state index contributed by atoms with van der Waals surface area (Å²) >= 11 is 6.45. The van der Waals surface area contributed by atoms with E-state index in [9.17, 15) is 4.79 Å². The monoisotopic (exact) mass is 316 g/mol. The van der Waals surface area contributed by atoms with Gasteiger partial charge in [-0.3, -0.25) is 4.79 Å². The first-order valence-electron chi connectivity index (χ1n) is 4.66. The quantitative estimate of drug-likeness (QED) is 0.942. The average Bonchev–Trinajstić information content (AvgIpc) is 2.89. The van der Waals surface area contributed by atoms with Gasteiger partial charge in [-0.05, 0) is 22.0 Å². The molecule has 2 aromatic rings.